The molecule has 1 aliphatic carbocycles. The molecule has 1 rings (SSSR count). The average Bonchev–Trinajstić information content (AvgIpc) is 2.06. The van der Waals surface area contributed by atoms with Crippen LogP contribution in [0.25, 0.3) is 0 Å². The van der Waals surface area contributed by atoms with Crippen molar-refractivity contribution in [2.75, 3.05) is 6.26 Å². The summed E-state index contributed by atoms with van der Waals surface area (Å²) in [5.74, 6) is -0.548. The van der Waals surface area contributed by atoms with Crippen molar-refractivity contribution in [1.29, 1.82) is 0 Å². The van der Waals surface area contributed by atoms with Gasteiger partial charge >= 0.3 is 0 Å². The van der Waals surface area contributed by atoms with E-state index in [2.05, 4.69) is 6.58 Å². The first-order chi connectivity index (χ1) is 6.75. The largest absolute Gasteiger partial charge is 0.293 e. The molecule has 0 spiro atoms. The van der Waals surface area contributed by atoms with Crippen LogP contribution in [0.3, 0.4) is 0 Å². The van der Waals surface area contributed by atoms with E-state index in [4.69, 9.17) is 0 Å². The minimum absolute atomic E-state index is 0.267. The molecular weight excluding hydrogens is 212 g/mol. The smallest absolute Gasteiger partial charge is 0.176 e. The van der Waals surface area contributed by atoms with Gasteiger partial charge in [0.15, 0.2) is 15.6 Å². The molecule has 0 N–H and O–H groups in total. The van der Waals surface area contributed by atoms with Crippen molar-refractivity contribution >= 4 is 15.6 Å². The van der Waals surface area contributed by atoms with E-state index < -0.39 is 15.1 Å². The van der Waals surface area contributed by atoms with E-state index in [1.807, 2.05) is 0 Å². The van der Waals surface area contributed by atoms with Crippen LogP contribution in [0.2, 0.25) is 0 Å². The van der Waals surface area contributed by atoms with E-state index >= 15 is 0 Å². The van der Waals surface area contributed by atoms with E-state index in [9.17, 15) is 13.2 Å². The molecule has 0 aliphatic heterocycles. The lowest BCUT2D eigenvalue weighted by molar-refractivity contribution is -0.116. The van der Waals surface area contributed by atoms with Gasteiger partial charge in [0.2, 0.25) is 0 Å². The van der Waals surface area contributed by atoms with Gasteiger partial charge in [0.05, 0.1) is 0 Å². The van der Waals surface area contributed by atoms with Crippen LogP contribution in [0.1, 0.15) is 20.3 Å². The number of allylic oxidation sites excluding steroid dienone is 3. The zero-order valence-electron chi connectivity index (χ0n) is 9.28. The molecular formula is C11H16O3S. The number of hydrogen-bond acceptors (Lipinski definition) is 3. The van der Waals surface area contributed by atoms with Crippen LogP contribution in [0, 0.1) is 5.92 Å². The molecule has 0 aromatic rings. The molecule has 0 bridgehead atoms. The number of carbonyl (C=O) groups excluding carboxylic acids is 1. The van der Waals surface area contributed by atoms with Crippen molar-refractivity contribution in [3.63, 3.8) is 0 Å². The summed E-state index contributed by atoms with van der Waals surface area (Å²) in [6.45, 7) is 7.19. The Bertz CT molecular complexity index is 429. The Morgan fingerprint density at radius 1 is 1.53 bits per heavy atom. The SMILES string of the molecule is C=C(C)[C@@H]1CC=C(C)C(=O)C1S(C)(=O)=O. The number of hydrogen-bond donors (Lipinski definition) is 0. The number of Topliss-reactive ketones (excluding diaryl/α,β-unsaturated/α-hetero) is 1. The van der Waals surface area contributed by atoms with Crippen molar-refractivity contribution in [2.24, 2.45) is 5.92 Å². The van der Waals surface area contributed by atoms with Crippen LogP contribution >= 0.6 is 0 Å². The third-order valence-corrected chi connectivity index (χ3v) is 4.25. The molecule has 0 saturated heterocycles. The van der Waals surface area contributed by atoms with Crippen LogP contribution in [0.15, 0.2) is 23.8 Å². The fraction of sp³-hybridized carbons (Fsp3) is 0.545. The lowest BCUT2D eigenvalue weighted by atomic mass is 9.84. The Kier molecular flexibility index (Phi) is 3.19. The highest BCUT2D eigenvalue weighted by molar-refractivity contribution is 7.92. The Morgan fingerprint density at radius 3 is 2.47 bits per heavy atom. The summed E-state index contributed by atoms with van der Waals surface area (Å²) in [5, 5.41) is -0.931. The van der Waals surface area contributed by atoms with Crippen LogP contribution in [-0.4, -0.2) is 25.7 Å². The quantitative estimate of drug-likeness (QED) is 0.673. The molecule has 4 heteroatoms. The second kappa shape index (κ2) is 3.93. The van der Waals surface area contributed by atoms with Gasteiger partial charge in [0.25, 0.3) is 0 Å². The van der Waals surface area contributed by atoms with Crippen LogP contribution in [0.5, 0.6) is 0 Å². The van der Waals surface area contributed by atoms with Gasteiger partial charge < -0.3 is 0 Å². The molecule has 0 aromatic carbocycles. The van der Waals surface area contributed by atoms with Crippen molar-refractivity contribution in [1.82, 2.24) is 0 Å². The Morgan fingerprint density at radius 2 is 2.07 bits per heavy atom. The molecule has 15 heavy (non-hydrogen) atoms. The third kappa shape index (κ3) is 2.37. The highest BCUT2D eigenvalue weighted by atomic mass is 32.2. The van der Waals surface area contributed by atoms with E-state index in [1.165, 1.54) is 0 Å². The molecule has 1 aliphatic rings. The zero-order valence-corrected chi connectivity index (χ0v) is 10.1. The third-order valence-electron chi connectivity index (χ3n) is 2.78. The molecule has 0 saturated carbocycles. The average molecular weight is 228 g/mol. The van der Waals surface area contributed by atoms with Crippen LogP contribution in [-0.2, 0) is 14.6 Å². The van der Waals surface area contributed by atoms with E-state index in [1.54, 1.807) is 19.9 Å². The first kappa shape index (κ1) is 12.2. The van der Waals surface area contributed by atoms with Gasteiger partial charge in [-0.2, -0.15) is 0 Å². The predicted octanol–water partition coefficient (Wildman–Crippen LogP) is 1.51. The minimum Gasteiger partial charge on any atom is -0.293 e. The molecule has 0 radical (unpaired) electrons. The highest BCUT2D eigenvalue weighted by Crippen LogP contribution is 2.30. The minimum atomic E-state index is -3.35. The van der Waals surface area contributed by atoms with Gasteiger partial charge in [0, 0.05) is 12.2 Å². The zero-order chi connectivity index (χ0) is 11.8. The number of sulfone groups is 1. The topological polar surface area (TPSA) is 51.2 Å². The highest BCUT2D eigenvalue weighted by Gasteiger charge is 2.39. The van der Waals surface area contributed by atoms with Crippen LogP contribution in [0.4, 0.5) is 0 Å². The Balaban J connectivity index is 3.23. The summed E-state index contributed by atoms with van der Waals surface area (Å²) in [6.07, 6.45) is 3.50. The van der Waals surface area contributed by atoms with Crippen molar-refractivity contribution in [2.45, 2.75) is 25.5 Å². The molecule has 1 unspecified atom stereocenters. The fourth-order valence-corrected chi connectivity index (χ4v) is 3.40. The molecule has 0 heterocycles. The molecule has 2 atom stereocenters. The van der Waals surface area contributed by atoms with Gasteiger partial charge in [-0.05, 0) is 25.8 Å². The summed E-state index contributed by atoms with van der Waals surface area (Å²) in [4.78, 5) is 11.8. The molecule has 0 aromatic heterocycles. The van der Waals surface area contributed by atoms with Crippen molar-refractivity contribution < 1.29 is 13.2 Å². The predicted molar refractivity (Wildman–Crippen MR) is 60.3 cm³/mol. The Labute approximate surface area is 90.8 Å². The molecule has 0 fully saturated rings. The summed E-state index contributed by atoms with van der Waals surface area (Å²) < 4.78 is 23.1. The van der Waals surface area contributed by atoms with Gasteiger partial charge in [-0.3, -0.25) is 4.79 Å². The summed E-state index contributed by atoms with van der Waals surface area (Å²) >= 11 is 0. The molecule has 84 valence electrons. The van der Waals surface area contributed by atoms with Gasteiger partial charge in [-0.1, -0.05) is 18.2 Å². The van der Waals surface area contributed by atoms with Crippen molar-refractivity contribution in [3.05, 3.63) is 23.8 Å². The normalized spacial score (nSPS) is 27.4. The lowest BCUT2D eigenvalue weighted by Crippen LogP contribution is -2.40. The second-order valence-electron chi connectivity index (χ2n) is 4.19. The first-order valence-electron chi connectivity index (χ1n) is 4.80. The maximum Gasteiger partial charge on any atom is 0.176 e. The molecule has 0 amide bonds. The number of carbonyl (C=O) groups is 1. The van der Waals surface area contributed by atoms with Crippen LogP contribution < -0.4 is 0 Å². The number of rotatable bonds is 2. The lowest BCUT2D eigenvalue weighted by Gasteiger charge is -2.28. The van der Waals surface area contributed by atoms with Gasteiger partial charge in [-0.15, -0.1) is 0 Å². The maximum atomic E-state index is 11.8. The van der Waals surface area contributed by atoms with Gasteiger partial charge in [-0.25, -0.2) is 8.42 Å². The van der Waals surface area contributed by atoms with E-state index in [0.29, 0.717) is 12.0 Å². The monoisotopic (exact) mass is 228 g/mol. The Hall–Kier alpha value is -0.900. The van der Waals surface area contributed by atoms with E-state index in [-0.39, 0.29) is 11.7 Å². The summed E-state index contributed by atoms with van der Waals surface area (Å²) in [7, 11) is -3.35. The fourth-order valence-electron chi connectivity index (χ4n) is 1.89. The standard InChI is InChI=1S/C11H16O3S/c1-7(2)9-6-5-8(3)10(12)11(9)15(4,13)14/h5,9,11H,1,6H2,2-4H3/t9-,11?/m0/s1. The number of ketones is 1. The second-order valence-corrected chi connectivity index (χ2v) is 6.36. The van der Waals surface area contributed by atoms with Crippen molar-refractivity contribution in [3.8, 4) is 0 Å². The summed E-state index contributed by atoms with van der Waals surface area (Å²) in [5.41, 5.74) is 1.30. The van der Waals surface area contributed by atoms with Gasteiger partial charge in [0.1, 0.15) is 5.25 Å². The summed E-state index contributed by atoms with van der Waals surface area (Å²) in [6, 6.07) is 0. The first-order valence-corrected chi connectivity index (χ1v) is 6.76. The maximum absolute atomic E-state index is 11.8. The molecule has 3 nitrogen and oxygen atoms in total. The van der Waals surface area contributed by atoms with E-state index in [0.717, 1.165) is 11.8 Å².